The molecule has 0 saturated heterocycles. The number of nitrogens with zero attached hydrogens (tertiary/aromatic N) is 2. The molecule has 0 atom stereocenters. The van der Waals surface area contributed by atoms with E-state index >= 15 is 0 Å². The van der Waals surface area contributed by atoms with Crippen LogP contribution < -0.4 is 0 Å². The molecule has 0 radical (unpaired) electrons. The van der Waals surface area contributed by atoms with E-state index in [0.717, 1.165) is 10.9 Å². The highest BCUT2D eigenvalue weighted by molar-refractivity contribution is 5.76. The Morgan fingerprint density at radius 3 is 2.36 bits per heavy atom. The van der Waals surface area contributed by atoms with E-state index in [2.05, 4.69) is 86.5 Å². The van der Waals surface area contributed by atoms with Crippen LogP contribution in [0.4, 0.5) is 0 Å². The molecule has 2 heteroatoms. The van der Waals surface area contributed by atoms with Crippen LogP contribution in [0.25, 0.3) is 16.6 Å². The summed E-state index contributed by atoms with van der Waals surface area (Å²) in [5.41, 5.74) is 5.49. The van der Waals surface area contributed by atoms with E-state index in [1.54, 1.807) is 0 Å². The Morgan fingerprint density at radius 1 is 0.909 bits per heavy atom. The maximum Gasteiger partial charge on any atom is 0.0783 e. The van der Waals surface area contributed by atoms with Crippen molar-refractivity contribution in [2.45, 2.75) is 12.8 Å². The molecule has 22 heavy (non-hydrogen) atoms. The Balaban J connectivity index is 1.98. The van der Waals surface area contributed by atoms with E-state index in [0.29, 0.717) is 0 Å². The van der Waals surface area contributed by atoms with Crippen molar-refractivity contribution in [1.29, 1.82) is 0 Å². The second-order valence-corrected chi connectivity index (χ2v) is 7.00. The minimum Gasteiger partial charge on any atom is -0.331 e. The predicted molar refractivity (Wildman–Crippen MR) is 94.1 cm³/mol. The van der Waals surface area contributed by atoms with Crippen molar-refractivity contribution in [3.63, 3.8) is 0 Å². The number of fused-ring (bicyclic) bond motifs is 1. The molecule has 0 spiro atoms. The van der Waals surface area contributed by atoms with Gasteiger partial charge in [0.25, 0.3) is 0 Å². The van der Waals surface area contributed by atoms with E-state index in [4.69, 9.17) is 0 Å². The van der Waals surface area contributed by atoms with Crippen molar-refractivity contribution >= 4 is 5.52 Å². The second-order valence-electron chi connectivity index (χ2n) is 7.00. The fraction of sp³-hybridized carbons (Fsp3) is 0.300. The summed E-state index contributed by atoms with van der Waals surface area (Å²) < 4.78 is 3.27. The van der Waals surface area contributed by atoms with Crippen molar-refractivity contribution in [3.8, 4) is 11.1 Å². The zero-order chi connectivity index (χ0) is 15.6. The monoisotopic (exact) mass is 293 g/mol. The molecule has 0 bridgehead atoms. The first-order chi connectivity index (χ1) is 10.5. The lowest BCUT2D eigenvalue weighted by molar-refractivity contribution is -0.870. The SMILES string of the molecule is C[N+](C)(C)CCCc1c(-c2ccccc2)cn2ccccc12. The second kappa shape index (κ2) is 5.98. The van der Waals surface area contributed by atoms with Crippen LogP contribution in [-0.2, 0) is 6.42 Å². The molecule has 0 aliphatic carbocycles. The molecule has 3 aromatic rings. The highest BCUT2D eigenvalue weighted by Crippen LogP contribution is 2.29. The van der Waals surface area contributed by atoms with Gasteiger partial charge in [-0.25, -0.2) is 0 Å². The summed E-state index contributed by atoms with van der Waals surface area (Å²) in [5, 5.41) is 0. The molecule has 2 nitrogen and oxygen atoms in total. The van der Waals surface area contributed by atoms with Crippen molar-refractivity contribution in [2.24, 2.45) is 0 Å². The molecule has 114 valence electrons. The van der Waals surface area contributed by atoms with Crippen molar-refractivity contribution in [1.82, 2.24) is 4.40 Å². The van der Waals surface area contributed by atoms with Crippen molar-refractivity contribution < 1.29 is 4.48 Å². The fourth-order valence-corrected chi connectivity index (χ4v) is 3.04. The zero-order valence-corrected chi connectivity index (χ0v) is 13.8. The Kier molecular flexibility index (Phi) is 4.04. The number of aromatic nitrogens is 1. The number of aryl methyl sites for hydroxylation is 1. The van der Waals surface area contributed by atoms with E-state index in [9.17, 15) is 0 Å². The molecule has 0 aliphatic rings. The lowest BCUT2D eigenvalue weighted by Gasteiger charge is -2.23. The first kappa shape index (κ1) is 14.9. The molecule has 0 N–H and O–H groups in total. The third kappa shape index (κ3) is 3.23. The summed E-state index contributed by atoms with van der Waals surface area (Å²) in [7, 11) is 6.78. The van der Waals surface area contributed by atoms with Gasteiger partial charge in [-0.05, 0) is 29.7 Å². The van der Waals surface area contributed by atoms with Crippen LogP contribution in [0.5, 0.6) is 0 Å². The Morgan fingerprint density at radius 2 is 1.64 bits per heavy atom. The lowest BCUT2D eigenvalue weighted by Crippen LogP contribution is -2.35. The Bertz CT molecular complexity index is 748. The van der Waals surface area contributed by atoms with Crippen molar-refractivity contribution in [3.05, 3.63) is 66.5 Å². The van der Waals surface area contributed by atoms with Crippen LogP contribution >= 0.6 is 0 Å². The van der Waals surface area contributed by atoms with E-state index in [1.807, 2.05) is 0 Å². The van der Waals surface area contributed by atoms with Gasteiger partial charge in [0.2, 0.25) is 0 Å². The van der Waals surface area contributed by atoms with Gasteiger partial charge in [0.15, 0.2) is 0 Å². The zero-order valence-electron chi connectivity index (χ0n) is 13.8. The average Bonchev–Trinajstić information content (AvgIpc) is 2.86. The molecule has 1 aromatic carbocycles. The van der Waals surface area contributed by atoms with Crippen molar-refractivity contribution in [2.75, 3.05) is 27.7 Å². The highest BCUT2D eigenvalue weighted by atomic mass is 15.3. The number of pyridine rings is 1. The van der Waals surface area contributed by atoms with Gasteiger partial charge in [-0.3, -0.25) is 0 Å². The highest BCUT2D eigenvalue weighted by Gasteiger charge is 2.13. The number of benzene rings is 1. The average molecular weight is 293 g/mol. The third-order valence-electron chi connectivity index (χ3n) is 4.13. The summed E-state index contributed by atoms with van der Waals surface area (Å²) >= 11 is 0. The number of hydrogen-bond acceptors (Lipinski definition) is 0. The van der Waals surface area contributed by atoms with Gasteiger partial charge in [0, 0.05) is 29.9 Å². The molecule has 2 aromatic heterocycles. The molecule has 0 unspecified atom stereocenters. The predicted octanol–water partition coefficient (Wildman–Crippen LogP) is 4.25. The van der Waals surface area contributed by atoms with Gasteiger partial charge in [-0.15, -0.1) is 0 Å². The molecular formula is C20H25N2+. The Hall–Kier alpha value is -2.06. The van der Waals surface area contributed by atoms with Crippen LogP contribution in [-0.4, -0.2) is 36.6 Å². The Labute approximate surface area is 133 Å². The molecule has 0 saturated carbocycles. The lowest BCUT2D eigenvalue weighted by atomic mass is 10.00. The van der Waals surface area contributed by atoms with Crippen LogP contribution in [0.15, 0.2) is 60.9 Å². The van der Waals surface area contributed by atoms with E-state index in [1.165, 1.54) is 35.2 Å². The first-order valence-electron chi connectivity index (χ1n) is 7.99. The molecular weight excluding hydrogens is 268 g/mol. The third-order valence-corrected chi connectivity index (χ3v) is 4.13. The summed E-state index contributed by atoms with van der Waals surface area (Å²) in [6.07, 6.45) is 6.75. The normalized spacial score (nSPS) is 12.0. The number of quaternary nitrogens is 1. The van der Waals surface area contributed by atoms with Gasteiger partial charge in [-0.2, -0.15) is 0 Å². The van der Waals surface area contributed by atoms with Gasteiger partial charge < -0.3 is 8.88 Å². The van der Waals surface area contributed by atoms with Crippen LogP contribution in [0.1, 0.15) is 12.0 Å². The first-order valence-corrected chi connectivity index (χ1v) is 7.99. The number of hydrogen-bond donors (Lipinski definition) is 0. The van der Waals surface area contributed by atoms with Crippen LogP contribution in [0.2, 0.25) is 0 Å². The van der Waals surface area contributed by atoms with E-state index < -0.39 is 0 Å². The molecule has 3 rings (SSSR count). The minimum atomic E-state index is 1.02. The standard InChI is InChI=1S/C20H25N2/c1-22(2,3)15-9-12-18-19(17-10-5-4-6-11-17)16-21-14-8-7-13-20(18)21/h4-8,10-11,13-14,16H,9,12,15H2,1-3H3/q+1. The number of rotatable bonds is 5. The maximum atomic E-state index is 2.27. The molecule has 2 heterocycles. The van der Waals surface area contributed by atoms with Gasteiger partial charge in [-0.1, -0.05) is 36.4 Å². The topological polar surface area (TPSA) is 4.41 Å². The van der Waals surface area contributed by atoms with Crippen LogP contribution in [0.3, 0.4) is 0 Å². The summed E-state index contributed by atoms with van der Waals surface area (Å²) in [4.78, 5) is 0. The maximum absolute atomic E-state index is 2.27. The van der Waals surface area contributed by atoms with Gasteiger partial charge in [0.1, 0.15) is 0 Å². The molecule has 0 fully saturated rings. The van der Waals surface area contributed by atoms with Crippen LogP contribution in [0, 0.1) is 0 Å². The largest absolute Gasteiger partial charge is 0.331 e. The summed E-state index contributed by atoms with van der Waals surface area (Å²) in [6.45, 7) is 1.19. The summed E-state index contributed by atoms with van der Waals surface area (Å²) in [6, 6.07) is 17.2. The van der Waals surface area contributed by atoms with E-state index in [-0.39, 0.29) is 0 Å². The molecule has 0 amide bonds. The quantitative estimate of drug-likeness (QED) is 0.620. The smallest absolute Gasteiger partial charge is 0.0783 e. The van der Waals surface area contributed by atoms with Gasteiger partial charge >= 0.3 is 0 Å². The minimum absolute atomic E-state index is 1.02. The fourth-order valence-electron chi connectivity index (χ4n) is 3.04. The summed E-state index contributed by atoms with van der Waals surface area (Å²) in [5.74, 6) is 0. The molecule has 0 aliphatic heterocycles. The van der Waals surface area contributed by atoms with Gasteiger partial charge in [0.05, 0.1) is 27.7 Å².